The number of nitrogens with one attached hydrogen (secondary N) is 1. The molecule has 0 bridgehead atoms. The second-order valence-corrected chi connectivity index (χ2v) is 11.3. The Hall–Kier alpha value is -4.06. The van der Waals surface area contributed by atoms with Gasteiger partial charge in [0.05, 0.1) is 31.8 Å². The van der Waals surface area contributed by atoms with Crippen LogP contribution < -0.4 is 11.0 Å². The van der Waals surface area contributed by atoms with Gasteiger partial charge in [-0.15, -0.1) is 0 Å². The number of nitrogens with zero attached hydrogens (tertiary/aromatic N) is 2. The molecule has 10 nitrogen and oxygen atoms in total. The van der Waals surface area contributed by atoms with Crippen molar-refractivity contribution in [3.05, 3.63) is 128 Å². The third kappa shape index (κ3) is 8.78. The average molecular weight is 653 g/mol. The molecule has 2 heterocycles. The number of halogens is 2. The van der Waals surface area contributed by atoms with E-state index in [1.807, 2.05) is 24.3 Å². The molecular formula is C33H31Cl2N3O7. The fourth-order valence-electron chi connectivity index (χ4n) is 4.92. The minimum atomic E-state index is -0.914. The lowest BCUT2D eigenvalue weighted by Crippen LogP contribution is -2.37. The highest BCUT2D eigenvalue weighted by molar-refractivity contribution is 6.30. The number of carbonyl (C=O) groups excluding carboxylic acids is 2. The number of aromatic nitrogens is 2. The number of rotatable bonds is 12. The van der Waals surface area contributed by atoms with Gasteiger partial charge in [-0.25, -0.2) is 4.79 Å². The van der Waals surface area contributed by atoms with Gasteiger partial charge in [0.15, 0.2) is 0 Å². The van der Waals surface area contributed by atoms with Gasteiger partial charge in [0.25, 0.3) is 5.91 Å². The van der Waals surface area contributed by atoms with E-state index in [9.17, 15) is 14.4 Å². The monoisotopic (exact) mass is 651 g/mol. The summed E-state index contributed by atoms with van der Waals surface area (Å²) in [5.74, 6) is -1.41. The summed E-state index contributed by atoms with van der Waals surface area (Å²) in [6.45, 7) is 1.84. The summed E-state index contributed by atoms with van der Waals surface area (Å²) in [5, 5.41) is 3.86. The van der Waals surface area contributed by atoms with Gasteiger partial charge in [0.2, 0.25) is 0 Å². The zero-order valence-corrected chi connectivity index (χ0v) is 25.8. The second kappa shape index (κ2) is 15.3. The Morgan fingerprint density at radius 2 is 1.53 bits per heavy atom. The van der Waals surface area contributed by atoms with E-state index in [0.29, 0.717) is 15.6 Å². The van der Waals surface area contributed by atoms with E-state index < -0.39 is 41.9 Å². The number of amides is 1. The molecule has 1 fully saturated rings. The summed E-state index contributed by atoms with van der Waals surface area (Å²) < 4.78 is 25.5. The SMILES string of the molecule is CC(=O)OC[C@@H]1[C@H](OCc2ccc(Cl)cc2)[C@@H](COCc2ccc(Cl)cc2)O[C@@H]1n1ccc(NC(=O)c2ccccc2)nc1=O. The standard InChI is InChI=1S/C33H31Cl2N3O7/c1-21(39)43-19-27-30(44-18-23-9-13-26(35)14-10-23)28(20-42-17-22-7-11-25(34)12-8-22)45-32(27)38-16-15-29(37-33(38)41)36-31(40)24-5-3-2-4-6-24/h2-16,27-28,30,32H,17-20H2,1H3,(H,36,37,40,41)/t27-,28-,30+,32+/m1/s1. The Bertz CT molecular complexity index is 1650. The lowest BCUT2D eigenvalue weighted by atomic mass is 10.00. The molecule has 0 saturated carbocycles. The maximum Gasteiger partial charge on any atom is 0.351 e. The van der Waals surface area contributed by atoms with E-state index >= 15 is 0 Å². The van der Waals surface area contributed by atoms with Crippen molar-refractivity contribution in [1.82, 2.24) is 9.55 Å². The van der Waals surface area contributed by atoms with Gasteiger partial charge in [-0.3, -0.25) is 14.2 Å². The summed E-state index contributed by atoms with van der Waals surface area (Å²) in [6.07, 6.45) is -0.712. The Morgan fingerprint density at radius 3 is 2.16 bits per heavy atom. The van der Waals surface area contributed by atoms with Crippen LogP contribution in [0.1, 0.15) is 34.6 Å². The van der Waals surface area contributed by atoms with Crippen molar-refractivity contribution in [2.75, 3.05) is 18.5 Å². The van der Waals surface area contributed by atoms with Crippen LogP contribution in [-0.2, 0) is 37.0 Å². The van der Waals surface area contributed by atoms with Crippen molar-refractivity contribution in [3.63, 3.8) is 0 Å². The molecule has 12 heteroatoms. The molecule has 1 saturated heterocycles. The molecule has 45 heavy (non-hydrogen) atoms. The molecule has 0 spiro atoms. The molecule has 1 N–H and O–H groups in total. The van der Waals surface area contributed by atoms with Crippen LogP contribution in [0.2, 0.25) is 10.0 Å². The summed E-state index contributed by atoms with van der Waals surface area (Å²) in [6, 6.07) is 24.6. The summed E-state index contributed by atoms with van der Waals surface area (Å²) in [4.78, 5) is 41.8. The van der Waals surface area contributed by atoms with Gasteiger partial charge >= 0.3 is 11.7 Å². The molecule has 1 aromatic heterocycles. The van der Waals surface area contributed by atoms with Crippen molar-refractivity contribution in [3.8, 4) is 0 Å². The third-order valence-corrected chi connectivity index (χ3v) is 7.65. The van der Waals surface area contributed by atoms with Crippen LogP contribution in [0.5, 0.6) is 0 Å². The van der Waals surface area contributed by atoms with Crippen molar-refractivity contribution in [2.24, 2.45) is 5.92 Å². The predicted octanol–water partition coefficient (Wildman–Crippen LogP) is 5.68. The van der Waals surface area contributed by atoms with Crippen molar-refractivity contribution >= 4 is 40.9 Å². The van der Waals surface area contributed by atoms with Gasteiger partial charge in [-0.1, -0.05) is 65.7 Å². The minimum Gasteiger partial charge on any atom is -0.465 e. The van der Waals surface area contributed by atoms with Crippen LogP contribution in [-0.4, -0.2) is 46.8 Å². The molecule has 4 aromatic rings. The van der Waals surface area contributed by atoms with Crippen molar-refractivity contribution in [1.29, 1.82) is 0 Å². The number of carbonyl (C=O) groups is 2. The van der Waals surface area contributed by atoms with Crippen LogP contribution in [0.15, 0.2) is 95.9 Å². The van der Waals surface area contributed by atoms with E-state index in [2.05, 4.69) is 10.3 Å². The van der Waals surface area contributed by atoms with Crippen LogP contribution in [0, 0.1) is 5.92 Å². The maximum absolute atomic E-state index is 13.3. The number of esters is 1. The van der Waals surface area contributed by atoms with Crippen molar-refractivity contribution < 1.29 is 28.5 Å². The van der Waals surface area contributed by atoms with E-state index in [-0.39, 0.29) is 32.2 Å². The Balaban J connectivity index is 1.38. The van der Waals surface area contributed by atoms with Gasteiger partial charge in [-0.2, -0.15) is 4.98 Å². The first-order valence-corrected chi connectivity index (χ1v) is 14.9. The zero-order chi connectivity index (χ0) is 31.8. The highest BCUT2D eigenvalue weighted by atomic mass is 35.5. The number of hydrogen-bond donors (Lipinski definition) is 1. The predicted molar refractivity (Wildman–Crippen MR) is 168 cm³/mol. The first-order chi connectivity index (χ1) is 21.8. The summed E-state index contributed by atoms with van der Waals surface area (Å²) >= 11 is 12.1. The number of ether oxygens (including phenoxy) is 4. The molecule has 3 aromatic carbocycles. The van der Waals surface area contributed by atoms with E-state index in [4.69, 9.17) is 42.1 Å². The molecular weight excluding hydrogens is 621 g/mol. The molecule has 4 atom stereocenters. The Morgan fingerprint density at radius 1 is 0.889 bits per heavy atom. The zero-order valence-electron chi connectivity index (χ0n) is 24.3. The van der Waals surface area contributed by atoms with Crippen LogP contribution in [0.4, 0.5) is 5.82 Å². The van der Waals surface area contributed by atoms with Crippen molar-refractivity contribution in [2.45, 2.75) is 38.6 Å². The van der Waals surface area contributed by atoms with Crippen LogP contribution >= 0.6 is 23.2 Å². The third-order valence-electron chi connectivity index (χ3n) is 7.15. The molecule has 1 amide bonds. The molecule has 0 radical (unpaired) electrons. The topological polar surface area (TPSA) is 118 Å². The number of anilines is 1. The Labute approximate surface area is 269 Å². The van der Waals surface area contributed by atoms with Gasteiger partial charge in [0.1, 0.15) is 24.8 Å². The average Bonchev–Trinajstić information content (AvgIpc) is 3.37. The number of hydrogen-bond acceptors (Lipinski definition) is 8. The molecule has 234 valence electrons. The maximum atomic E-state index is 13.3. The fraction of sp³-hybridized carbons (Fsp3) is 0.273. The minimum absolute atomic E-state index is 0.0815. The van der Waals surface area contributed by atoms with Crippen LogP contribution in [0.25, 0.3) is 0 Å². The lowest BCUT2D eigenvalue weighted by Gasteiger charge is -2.25. The molecule has 0 unspecified atom stereocenters. The first kappa shape index (κ1) is 32.3. The first-order valence-electron chi connectivity index (χ1n) is 14.2. The fourth-order valence-corrected chi connectivity index (χ4v) is 5.18. The molecule has 0 aliphatic carbocycles. The van der Waals surface area contributed by atoms with Gasteiger partial charge < -0.3 is 24.3 Å². The number of benzene rings is 3. The van der Waals surface area contributed by atoms with E-state index in [0.717, 1.165) is 11.1 Å². The molecule has 5 rings (SSSR count). The highest BCUT2D eigenvalue weighted by Crippen LogP contribution is 2.37. The van der Waals surface area contributed by atoms with E-state index in [1.165, 1.54) is 23.8 Å². The van der Waals surface area contributed by atoms with E-state index in [1.54, 1.807) is 54.6 Å². The summed E-state index contributed by atoms with van der Waals surface area (Å²) in [5.41, 5.74) is 1.54. The Kier molecular flexibility index (Phi) is 11.0. The normalized spacial score (nSPS) is 19.3. The van der Waals surface area contributed by atoms with Gasteiger partial charge in [-0.05, 0) is 53.6 Å². The molecule has 1 aliphatic heterocycles. The second-order valence-electron chi connectivity index (χ2n) is 10.4. The smallest absolute Gasteiger partial charge is 0.351 e. The van der Waals surface area contributed by atoms with Gasteiger partial charge in [0, 0.05) is 28.7 Å². The quantitative estimate of drug-likeness (QED) is 0.194. The summed E-state index contributed by atoms with van der Waals surface area (Å²) in [7, 11) is 0. The highest BCUT2D eigenvalue weighted by Gasteiger charge is 2.47. The lowest BCUT2D eigenvalue weighted by molar-refractivity contribution is -0.144. The molecule has 1 aliphatic rings. The largest absolute Gasteiger partial charge is 0.465 e. The van der Waals surface area contributed by atoms with Crippen LogP contribution in [0.3, 0.4) is 0 Å².